The van der Waals surface area contributed by atoms with Crippen LogP contribution in [-0.4, -0.2) is 25.3 Å². The summed E-state index contributed by atoms with van der Waals surface area (Å²) < 4.78 is 10.4. The monoisotopic (exact) mass is 300 g/mol. The molecule has 1 unspecified atom stereocenters. The summed E-state index contributed by atoms with van der Waals surface area (Å²) in [5.41, 5.74) is 2.63. The van der Waals surface area contributed by atoms with E-state index in [0.29, 0.717) is 6.42 Å². The molecule has 2 aromatic carbocycles. The zero-order valence-electron chi connectivity index (χ0n) is 13.0. The van der Waals surface area contributed by atoms with E-state index in [0.717, 1.165) is 28.2 Å². The Labute approximate surface area is 130 Å². The van der Waals surface area contributed by atoms with Gasteiger partial charge in [0.25, 0.3) is 0 Å². The van der Waals surface area contributed by atoms with Crippen molar-refractivity contribution >= 4 is 5.97 Å². The summed E-state index contributed by atoms with van der Waals surface area (Å²) in [6.07, 6.45) is 0.415. The summed E-state index contributed by atoms with van der Waals surface area (Å²) in [4.78, 5) is 11.7. The Hall–Kier alpha value is -2.49. The van der Waals surface area contributed by atoms with Gasteiger partial charge in [-0.1, -0.05) is 24.3 Å². The van der Waals surface area contributed by atoms with E-state index in [1.54, 1.807) is 14.2 Å². The third kappa shape index (κ3) is 3.58. The Bertz CT molecular complexity index is 664. The van der Waals surface area contributed by atoms with Crippen LogP contribution in [0.4, 0.5) is 0 Å². The highest BCUT2D eigenvalue weighted by molar-refractivity contribution is 5.76. The molecule has 4 nitrogen and oxygen atoms in total. The van der Waals surface area contributed by atoms with Crippen molar-refractivity contribution in [1.82, 2.24) is 0 Å². The van der Waals surface area contributed by atoms with Crippen LogP contribution in [0, 0.1) is 6.92 Å². The SMILES string of the molecule is COc1cccc(CC(C(=O)O)c2ccc(OC)c(C)c2)c1. The number of benzene rings is 2. The van der Waals surface area contributed by atoms with Gasteiger partial charge in [-0.05, 0) is 48.2 Å². The molecule has 0 radical (unpaired) electrons. The lowest BCUT2D eigenvalue weighted by Crippen LogP contribution is -2.14. The number of hydrogen-bond donors (Lipinski definition) is 1. The molecule has 0 aliphatic heterocycles. The zero-order chi connectivity index (χ0) is 16.1. The zero-order valence-corrected chi connectivity index (χ0v) is 13.0. The first-order chi connectivity index (χ1) is 10.5. The Balaban J connectivity index is 2.30. The molecule has 0 saturated carbocycles. The summed E-state index contributed by atoms with van der Waals surface area (Å²) >= 11 is 0. The summed E-state index contributed by atoms with van der Waals surface area (Å²) in [6.45, 7) is 1.91. The molecule has 4 heteroatoms. The van der Waals surface area contributed by atoms with Crippen LogP contribution < -0.4 is 9.47 Å². The van der Waals surface area contributed by atoms with Crippen LogP contribution in [0.3, 0.4) is 0 Å². The first kappa shape index (κ1) is 15.9. The van der Waals surface area contributed by atoms with Crippen molar-refractivity contribution in [3.05, 3.63) is 59.2 Å². The predicted molar refractivity (Wildman–Crippen MR) is 84.8 cm³/mol. The molecule has 0 saturated heterocycles. The lowest BCUT2D eigenvalue weighted by atomic mass is 9.91. The highest BCUT2D eigenvalue weighted by Gasteiger charge is 2.21. The maximum absolute atomic E-state index is 11.7. The topological polar surface area (TPSA) is 55.8 Å². The van der Waals surface area contributed by atoms with Gasteiger partial charge in [0.15, 0.2) is 0 Å². The van der Waals surface area contributed by atoms with Crippen molar-refractivity contribution in [3.8, 4) is 11.5 Å². The van der Waals surface area contributed by atoms with E-state index >= 15 is 0 Å². The normalized spacial score (nSPS) is 11.8. The van der Waals surface area contributed by atoms with Crippen molar-refractivity contribution in [1.29, 1.82) is 0 Å². The van der Waals surface area contributed by atoms with Gasteiger partial charge in [0.1, 0.15) is 11.5 Å². The van der Waals surface area contributed by atoms with Gasteiger partial charge in [0.05, 0.1) is 20.1 Å². The highest BCUT2D eigenvalue weighted by atomic mass is 16.5. The minimum absolute atomic E-state index is 0.415. The maximum atomic E-state index is 11.7. The Morgan fingerprint density at radius 3 is 2.50 bits per heavy atom. The van der Waals surface area contributed by atoms with E-state index in [2.05, 4.69) is 0 Å². The molecule has 0 spiro atoms. The van der Waals surface area contributed by atoms with Crippen molar-refractivity contribution < 1.29 is 19.4 Å². The lowest BCUT2D eigenvalue weighted by molar-refractivity contribution is -0.138. The summed E-state index contributed by atoms with van der Waals surface area (Å²) in [7, 11) is 3.20. The van der Waals surface area contributed by atoms with E-state index < -0.39 is 11.9 Å². The third-order valence-corrected chi connectivity index (χ3v) is 3.69. The molecule has 0 aliphatic carbocycles. The van der Waals surface area contributed by atoms with Crippen LogP contribution in [0.1, 0.15) is 22.6 Å². The second-order valence-electron chi connectivity index (χ2n) is 5.18. The van der Waals surface area contributed by atoms with Gasteiger partial charge in [-0.3, -0.25) is 4.79 Å². The molecule has 0 bridgehead atoms. The van der Waals surface area contributed by atoms with Crippen LogP contribution >= 0.6 is 0 Å². The number of aryl methyl sites for hydroxylation is 1. The van der Waals surface area contributed by atoms with Crippen LogP contribution in [0.2, 0.25) is 0 Å². The number of methoxy groups -OCH3 is 2. The number of carboxylic acid groups (broad SMARTS) is 1. The maximum Gasteiger partial charge on any atom is 0.311 e. The molecule has 1 N–H and O–H groups in total. The fraction of sp³-hybridized carbons (Fsp3) is 0.278. The largest absolute Gasteiger partial charge is 0.497 e. The molecule has 0 heterocycles. The van der Waals surface area contributed by atoms with Crippen LogP contribution in [0.25, 0.3) is 0 Å². The standard InChI is InChI=1S/C18H20O4/c1-12-9-14(7-8-17(12)22-3)16(18(19)20)11-13-5-4-6-15(10-13)21-2/h4-10,16H,11H2,1-3H3,(H,19,20). The van der Waals surface area contributed by atoms with E-state index in [1.165, 1.54) is 0 Å². The Kier molecular flexibility index (Phi) is 5.04. The van der Waals surface area contributed by atoms with Gasteiger partial charge >= 0.3 is 5.97 Å². The van der Waals surface area contributed by atoms with E-state index in [-0.39, 0.29) is 0 Å². The van der Waals surface area contributed by atoms with Gasteiger partial charge in [-0.2, -0.15) is 0 Å². The van der Waals surface area contributed by atoms with Gasteiger partial charge < -0.3 is 14.6 Å². The second-order valence-corrected chi connectivity index (χ2v) is 5.18. The molecule has 1 atom stereocenters. The number of carbonyl (C=O) groups is 1. The van der Waals surface area contributed by atoms with Crippen molar-refractivity contribution in [2.45, 2.75) is 19.3 Å². The summed E-state index contributed by atoms with van der Waals surface area (Å²) in [5.74, 6) is 0.0471. The average Bonchev–Trinajstić information content (AvgIpc) is 2.52. The smallest absolute Gasteiger partial charge is 0.311 e. The van der Waals surface area contributed by atoms with E-state index in [1.807, 2.05) is 49.4 Å². The minimum atomic E-state index is -0.840. The van der Waals surface area contributed by atoms with Gasteiger partial charge in [-0.25, -0.2) is 0 Å². The molecule has 0 fully saturated rings. The molecule has 22 heavy (non-hydrogen) atoms. The fourth-order valence-corrected chi connectivity index (χ4v) is 2.50. The molecule has 0 aromatic heterocycles. The van der Waals surface area contributed by atoms with Crippen molar-refractivity contribution in [2.75, 3.05) is 14.2 Å². The highest BCUT2D eigenvalue weighted by Crippen LogP contribution is 2.27. The summed E-state index contributed by atoms with van der Waals surface area (Å²) in [6, 6.07) is 13.0. The number of carboxylic acids is 1. The third-order valence-electron chi connectivity index (χ3n) is 3.69. The van der Waals surface area contributed by atoms with Crippen LogP contribution in [0.5, 0.6) is 11.5 Å². The van der Waals surface area contributed by atoms with E-state index in [9.17, 15) is 9.90 Å². The fourth-order valence-electron chi connectivity index (χ4n) is 2.50. The Morgan fingerprint density at radius 1 is 1.14 bits per heavy atom. The average molecular weight is 300 g/mol. The first-order valence-corrected chi connectivity index (χ1v) is 7.05. The van der Waals surface area contributed by atoms with Crippen LogP contribution in [0.15, 0.2) is 42.5 Å². The summed E-state index contributed by atoms with van der Waals surface area (Å²) in [5, 5.41) is 9.57. The number of hydrogen-bond acceptors (Lipinski definition) is 3. The minimum Gasteiger partial charge on any atom is -0.497 e. The predicted octanol–water partition coefficient (Wildman–Crippen LogP) is 3.42. The van der Waals surface area contributed by atoms with Gasteiger partial charge in [-0.15, -0.1) is 0 Å². The molecule has 2 aromatic rings. The molecule has 2 rings (SSSR count). The van der Waals surface area contributed by atoms with E-state index in [4.69, 9.17) is 9.47 Å². The molecular formula is C18H20O4. The van der Waals surface area contributed by atoms with Crippen molar-refractivity contribution in [3.63, 3.8) is 0 Å². The lowest BCUT2D eigenvalue weighted by Gasteiger charge is -2.15. The molecule has 0 aliphatic rings. The molecule has 116 valence electrons. The van der Waals surface area contributed by atoms with Gasteiger partial charge in [0.2, 0.25) is 0 Å². The number of aliphatic carboxylic acids is 1. The number of ether oxygens (including phenoxy) is 2. The van der Waals surface area contributed by atoms with Gasteiger partial charge in [0, 0.05) is 0 Å². The Morgan fingerprint density at radius 2 is 1.91 bits per heavy atom. The quantitative estimate of drug-likeness (QED) is 0.888. The second kappa shape index (κ2) is 6.98. The molecule has 0 amide bonds. The molecular weight excluding hydrogens is 280 g/mol. The van der Waals surface area contributed by atoms with Crippen LogP contribution in [-0.2, 0) is 11.2 Å². The number of rotatable bonds is 6. The first-order valence-electron chi connectivity index (χ1n) is 7.05. The van der Waals surface area contributed by atoms with Crippen molar-refractivity contribution in [2.24, 2.45) is 0 Å².